The van der Waals surface area contributed by atoms with Crippen LogP contribution in [0.4, 0.5) is 8.78 Å². The minimum atomic E-state index is -0.320. The van der Waals surface area contributed by atoms with E-state index >= 15 is 0 Å². The molecule has 112 valence electrons. The van der Waals surface area contributed by atoms with Crippen LogP contribution in [0, 0.1) is 18.6 Å². The third-order valence-corrected chi connectivity index (χ3v) is 3.31. The van der Waals surface area contributed by atoms with Crippen LogP contribution in [-0.2, 0) is 0 Å². The summed E-state index contributed by atoms with van der Waals surface area (Å²) in [6, 6.07) is 8.88. The Kier molecular flexibility index (Phi) is 4.91. The molecule has 1 unspecified atom stereocenters. The van der Waals surface area contributed by atoms with Gasteiger partial charge in [0.05, 0.1) is 0 Å². The molecule has 2 rings (SSSR count). The third-order valence-electron chi connectivity index (χ3n) is 3.31. The first-order chi connectivity index (χ1) is 10.0. The van der Waals surface area contributed by atoms with Crippen LogP contribution in [0.3, 0.4) is 0 Å². The number of benzene rings is 2. The predicted molar refractivity (Wildman–Crippen MR) is 79.7 cm³/mol. The second kappa shape index (κ2) is 6.68. The van der Waals surface area contributed by atoms with Gasteiger partial charge in [-0.05, 0) is 62.4 Å². The van der Waals surface area contributed by atoms with E-state index in [9.17, 15) is 8.78 Å². The molecule has 1 N–H and O–H groups in total. The van der Waals surface area contributed by atoms with E-state index in [-0.39, 0.29) is 17.7 Å². The van der Waals surface area contributed by atoms with Crippen LogP contribution in [0.5, 0.6) is 11.5 Å². The molecule has 21 heavy (non-hydrogen) atoms. The molecule has 0 saturated carbocycles. The number of nitrogens with one attached hydrogen (secondary N) is 1. The molecule has 0 saturated heterocycles. The lowest BCUT2D eigenvalue weighted by Crippen LogP contribution is -2.18. The summed E-state index contributed by atoms with van der Waals surface area (Å²) in [6.07, 6.45) is 0. The SMILES string of the molecule is CCNC(C)c1cc(F)c(C)cc1Oc1ccc(F)cc1. The summed E-state index contributed by atoms with van der Waals surface area (Å²) in [4.78, 5) is 0. The maximum Gasteiger partial charge on any atom is 0.132 e. The molecule has 2 nitrogen and oxygen atoms in total. The van der Waals surface area contributed by atoms with Crippen molar-refractivity contribution in [3.63, 3.8) is 0 Å². The Bertz CT molecular complexity index is 611. The van der Waals surface area contributed by atoms with Gasteiger partial charge in [-0.25, -0.2) is 8.78 Å². The average molecular weight is 291 g/mol. The normalized spacial score (nSPS) is 12.2. The van der Waals surface area contributed by atoms with Crippen molar-refractivity contribution in [1.82, 2.24) is 5.32 Å². The average Bonchev–Trinajstić information content (AvgIpc) is 2.45. The van der Waals surface area contributed by atoms with Crippen molar-refractivity contribution in [3.8, 4) is 11.5 Å². The van der Waals surface area contributed by atoms with E-state index in [2.05, 4.69) is 5.32 Å². The monoisotopic (exact) mass is 291 g/mol. The maximum absolute atomic E-state index is 13.8. The fraction of sp³-hybridized carbons (Fsp3) is 0.294. The molecule has 0 bridgehead atoms. The molecule has 0 spiro atoms. The predicted octanol–water partition coefficient (Wildman–Crippen LogP) is 4.74. The van der Waals surface area contributed by atoms with Gasteiger partial charge in [0, 0.05) is 11.6 Å². The highest BCUT2D eigenvalue weighted by Gasteiger charge is 2.15. The van der Waals surface area contributed by atoms with E-state index in [0.717, 1.165) is 12.1 Å². The quantitative estimate of drug-likeness (QED) is 0.859. The second-order valence-electron chi connectivity index (χ2n) is 4.97. The van der Waals surface area contributed by atoms with E-state index in [0.29, 0.717) is 17.1 Å². The molecule has 4 heteroatoms. The molecule has 1 atom stereocenters. The van der Waals surface area contributed by atoms with Gasteiger partial charge in [-0.1, -0.05) is 6.92 Å². The minimum absolute atomic E-state index is 0.0412. The van der Waals surface area contributed by atoms with Crippen LogP contribution in [-0.4, -0.2) is 6.54 Å². The summed E-state index contributed by atoms with van der Waals surface area (Å²) in [5.41, 5.74) is 1.25. The van der Waals surface area contributed by atoms with E-state index < -0.39 is 0 Å². The fourth-order valence-corrected chi connectivity index (χ4v) is 2.14. The Hall–Kier alpha value is -1.94. The highest BCUT2D eigenvalue weighted by atomic mass is 19.1. The first-order valence-corrected chi connectivity index (χ1v) is 6.98. The van der Waals surface area contributed by atoms with Gasteiger partial charge in [0.15, 0.2) is 0 Å². The van der Waals surface area contributed by atoms with Gasteiger partial charge >= 0.3 is 0 Å². The summed E-state index contributed by atoms with van der Waals surface area (Å²) in [6.45, 7) is 6.40. The molecule has 0 aliphatic carbocycles. The molecule has 0 aliphatic heterocycles. The number of aryl methyl sites for hydroxylation is 1. The Morgan fingerprint density at radius 1 is 1.14 bits per heavy atom. The van der Waals surface area contributed by atoms with Crippen molar-refractivity contribution < 1.29 is 13.5 Å². The molecule has 0 fully saturated rings. The summed E-state index contributed by atoms with van der Waals surface area (Å²) in [7, 11) is 0. The Morgan fingerprint density at radius 2 is 1.81 bits per heavy atom. The standard InChI is InChI=1S/C17H19F2NO/c1-4-20-12(3)15-10-16(19)11(2)9-17(15)21-14-7-5-13(18)6-8-14/h5-10,12,20H,4H2,1-3H3. The summed E-state index contributed by atoms with van der Waals surface area (Å²) in [5, 5.41) is 3.24. The molecule has 0 aliphatic rings. The van der Waals surface area contributed by atoms with Gasteiger partial charge in [-0.3, -0.25) is 0 Å². The van der Waals surface area contributed by atoms with Gasteiger partial charge in [-0.15, -0.1) is 0 Å². The van der Waals surface area contributed by atoms with Crippen LogP contribution in [0.1, 0.15) is 31.0 Å². The highest BCUT2D eigenvalue weighted by Crippen LogP contribution is 2.32. The molecule has 2 aromatic rings. The smallest absolute Gasteiger partial charge is 0.132 e. The molecule has 0 aromatic heterocycles. The first kappa shape index (κ1) is 15.4. The highest BCUT2D eigenvalue weighted by molar-refractivity contribution is 5.42. The topological polar surface area (TPSA) is 21.3 Å². The van der Waals surface area contributed by atoms with Gasteiger partial charge in [0.25, 0.3) is 0 Å². The van der Waals surface area contributed by atoms with Crippen molar-refractivity contribution in [3.05, 3.63) is 59.2 Å². The molecule has 0 amide bonds. The molecular formula is C17H19F2NO. The van der Waals surface area contributed by atoms with Crippen LogP contribution in [0.25, 0.3) is 0 Å². The van der Waals surface area contributed by atoms with Gasteiger partial charge < -0.3 is 10.1 Å². The van der Waals surface area contributed by atoms with Crippen LogP contribution >= 0.6 is 0 Å². The van der Waals surface area contributed by atoms with E-state index in [4.69, 9.17) is 4.74 Å². The lowest BCUT2D eigenvalue weighted by Gasteiger charge is -2.18. The summed E-state index contributed by atoms with van der Waals surface area (Å²) in [5.74, 6) is 0.515. The Morgan fingerprint density at radius 3 is 2.43 bits per heavy atom. The third kappa shape index (κ3) is 3.79. The van der Waals surface area contributed by atoms with Crippen LogP contribution in [0.15, 0.2) is 36.4 Å². The number of hydrogen-bond acceptors (Lipinski definition) is 2. The molecule has 0 radical (unpaired) electrons. The van der Waals surface area contributed by atoms with Crippen molar-refractivity contribution >= 4 is 0 Å². The van der Waals surface area contributed by atoms with Crippen molar-refractivity contribution in [2.75, 3.05) is 6.54 Å². The number of rotatable bonds is 5. The number of hydrogen-bond donors (Lipinski definition) is 1. The maximum atomic E-state index is 13.8. The van der Waals surface area contributed by atoms with E-state index in [1.807, 2.05) is 13.8 Å². The van der Waals surface area contributed by atoms with Crippen LogP contribution in [0.2, 0.25) is 0 Å². The second-order valence-corrected chi connectivity index (χ2v) is 4.97. The van der Waals surface area contributed by atoms with Gasteiger partial charge in [0.2, 0.25) is 0 Å². The Labute approximate surface area is 123 Å². The minimum Gasteiger partial charge on any atom is -0.457 e. The van der Waals surface area contributed by atoms with Crippen molar-refractivity contribution in [2.24, 2.45) is 0 Å². The van der Waals surface area contributed by atoms with Crippen molar-refractivity contribution in [1.29, 1.82) is 0 Å². The van der Waals surface area contributed by atoms with Gasteiger partial charge in [0.1, 0.15) is 23.1 Å². The van der Waals surface area contributed by atoms with E-state index in [1.165, 1.54) is 18.2 Å². The lowest BCUT2D eigenvalue weighted by molar-refractivity contribution is 0.457. The zero-order valence-corrected chi connectivity index (χ0v) is 12.4. The fourth-order valence-electron chi connectivity index (χ4n) is 2.14. The molecular weight excluding hydrogens is 272 g/mol. The number of ether oxygens (including phenoxy) is 1. The number of halogens is 2. The lowest BCUT2D eigenvalue weighted by atomic mass is 10.0. The summed E-state index contributed by atoms with van der Waals surface area (Å²) >= 11 is 0. The zero-order valence-electron chi connectivity index (χ0n) is 12.4. The largest absolute Gasteiger partial charge is 0.457 e. The van der Waals surface area contributed by atoms with Gasteiger partial charge in [-0.2, -0.15) is 0 Å². The van der Waals surface area contributed by atoms with Crippen LogP contribution < -0.4 is 10.1 Å². The molecule has 0 heterocycles. The zero-order chi connectivity index (χ0) is 15.4. The first-order valence-electron chi connectivity index (χ1n) is 6.98. The van der Waals surface area contributed by atoms with Crippen molar-refractivity contribution in [2.45, 2.75) is 26.8 Å². The summed E-state index contributed by atoms with van der Waals surface area (Å²) < 4.78 is 32.5. The Balaban J connectivity index is 2.36. The van der Waals surface area contributed by atoms with E-state index in [1.54, 1.807) is 25.1 Å². The molecule has 2 aromatic carbocycles.